The number of benzene rings is 4. The molecule has 0 aliphatic carbocycles. The maximum Gasteiger partial charge on any atom is 0.266 e. The van der Waals surface area contributed by atoms with Crippen molar-refractivity contribution in [2.45, 2.75) is 13.0 Å². The molecule has 1 aromatic heterocycles. The summed E-state index contributed by atoms with van der Waals surface area (Å²) in [5.74, 6) is 0.384. The summed E-state index contributed by atoms with van der Waals surface area (Å²) in [7, 11) is 3.96. The molecule has 196 valence electrons. The molecular formula is C33H32N4O2. The maximum atomic E-state index is 14.0. The Kier molecular flexibility index (Phi) is 7.66. The molecule has 1 atom stereocenters. The first-order chi connectivity index (χ1) is 18.9. The maximum absolute atomic E-state index is 14.0. The van der Waals surface area contributed by atoms with Gasteiger partial charge in [0.05, 0.1) is 22.6 Å². The van der Waals surface area contributed by atoms with Gasteiger partial charge in [0.15, 0.2) is 0 Å². The fourth-order valence-corrected chi connectivity index (χ4v) is 4.76. The highest BCUT2D eigenvalue weighted by Gasteiger charge is 2.26. The van der Waals surface area contributed by atoms with Crippen LogP contribution in [0.2, 0.25) is 0 Å². The largest absolute Gasteiger partial charge is 0.328 e. The molecule has 39 heavy (non-hydrogen) atoms. The van der Waals surface area contributed by atoms with Crippen LogP contribution in [0.15, 0.2) is 108 Å². The number of hydrogen-bond acceptors (Lipinski definition) is 4. The highest BCUT2D eigenvalue weighted by molar-refractivity contribution is 5.92. The van der Waals surface area contributed by atoms with E-state index in [0.717, 1.165) is 22.0 Å². The van der Waals surface area contributed by atoms with Crippen LogP contribution in [0.1, 0.15) is 24.4 Å². The van der Waals surface area contributed by atoms with E-state index in [4.69, 9.17) is 4.98 Å². The van der Waals surface area contributed by atoms with E-state index in [9.17, 15) is 9.59 Å². The smallest absolute Gasteiger partial charge is 0.266 e. The van der Waals surface area contributed by atoms with Crippen molar-refractivity contribution in [1.29, 1.82) is 0 Å². The lowest BCUT2D eigenvalue weighted by atomic mass is 10.1. The lowest BCUT2D eigenvalue weighted by Gasteiger charge is -2.30. The Morgan fingerprint density at radius 1 is 0.872 bits per heavy atom. The number of aromatic nitrogens is 2. The van der Waals surface area contributed by atoms with Crippen molar-refractivity contribution in [2.24, 2.45) is 0 Å². The van der Waals surface area contributed by atoms with Crippen molar-refractivity contribution >= 4 is 33.7 Å². The third-order valence-electron chi connectivity index (χ3n) is 6.92. The van der Waals surface area contributed by atoms with Crippen LogP contribution < -0.4 is 5.56 Å². The fourth-order valence-electron chi connectivity index (χ4n) is 4.76. The monoisotopic (exact) mass is 516 g/mol. The molecular weight excluding hydrogens is 484 g/mol. The molecule has 6 nitrogen and oxygen atoms in total. The standard InChI is InChI=1S/C33H32N4O2/c1-24(36(22-21-35(2)3)31(38)20-17-25-11-5-4-6-12-25)32-34-30-16-10-9-15-29(30)33(39)37(32)28-19-18-26-13-7-8-14-27(26)23-28/h4-20,23-24H,21-22H2,1-3H3/b20-17+. The van der Waals surface area contributed by atoms with Gasteiger partial charge in [-0.3, -0.25) is 14.2 Å². The van der Waals surface area contributed by atoms with Crippen molar-refractivity contribution in [1.82, 2.24) is 19.4 Å². The first-order valence-electron chi connectivity index (χ1n) is 13.1. The molecule has 1 heterocycles. The lowest BCUT2D eigenvalue weighted by molar-refractivity contribution is -0.128. The second-order valence-corrected chi connectivity index (χ2v) is 9.91. The van der Waals surface area contributed by atoms with E-state index in [1.54, 1.807) is 21.6 Å². The number of nitrogens with zero attached hydrogens (tertiary/aromatic N) is 4. The molecule has 0 bridgehead atoms. The number of carbonyl (C=O) groups is 1. The van der Waals surface area contributed by atoms with E-state index in [2.05, 4.69) is 0 Å². The average molecular weight is 517 g/mol. The Balaban J connectivity index is 1.64. The molecule has 0 fully saturated rings. The summed E-state index contributed by atoms with van der Waals surface area (Å²) in [5, 5.41) is 2.66. The lowest BCUT2D eigenvalue weighted by Crippen LogP contribution is -2.40. The van der Waals surface area contributed by atoms with E-state index < -0.39 is 6.04 Å². The van der Waals surface area contributed by atoms with Crippen LogP contribution in [-0.2, 0) is 4.79 Å². The normalized spacial score (nSPS) is 12.4. The average Bonchev–Trinajstić information content (AvgIpc) is 2.96. The topological polar surface area (TPSA) is 58.4 Å². The van der Waals surface area contributed by atoms with Crippen molar-refractivity contribution < 1.29 is 4.79 Å². The second kappa shape index (κ2) is 11.5. The molecule has 0 radical (unpaired) electrons. The van der Waals surface area contributed by atoms with Crippen LogP contribution in [0.3, 0.4) is 0 Å². The third kappa shape index (κ3) is 5.66. The number of rotatable bonds is 8. The summed E-state index contributed by atoms with van der Waals surface area (Å²) in [4.78, 5) is 36.4. The Morgan fingerprint density at radius 3 is 2.33 bits per heavy atom. The zero-order valence-corrected chi connectivity index (χ0v) is 22.5. The summed E-state index contributed by atoms with van der Waals surface area (Å²) in [5.41, 5.74) is 2.13. The summed E-state index contributed by atoms with van der Waals surface area (Å²) in [6.45, 7) is 3.09. The van der Waals surface area contributed by atoms with Gasteiger partial charge in [-0.05, 0) is 67.7 Å². The first-order valence-corrected chi connectivity index (χ1v) is 13.1. The number of para-hydroxylation sites is 1. The van der Waals surface area contributed by atoms with Gasteiger partial charge in [0, 0.05) is 19.2 Å². The van der Waals surface area contributed by atoms with Gasteiger partial charge in [0.25, 0.3) is 5.56 Å². The molecule has 0 saturated carbocycles. The Morgan fingerprint density at radius 2 is 1.56 bits per heavy atom. The number of amides is 1. The van der Waals surface area contributed by atoms with Gasteiger partial charge in [-0.25, -0.2) is 4.98 Å². The zero-order valence-electron chi connectivity index (χ0n) is 22.5. The predicted octanol–water partition coefficient (Wildman–Crippen LogP) is 5.70. The van der Waals surface area contributed by atoms with Crippen LogP contribution in [-0.4, -0.2) is 52.4 Å². The highest BCUT2D eigenvalue weighted by atomic mass is 16.2. The van der Waals surface area contributed by atoms with Gasteiger partial charge in [-0.2, -0.15) is 0 Å². The van der Waals surface area contributed by atoms with Gasteiger partial charge < -0.3 is 9.80 Å². The molecule has 0 saturated heterocycles. The van der Waals surface area contributed by atoms with Gasteiger partial charge in [-0.1, -0.05) is 72.8 Å². The van der Waals surface area contributed by atoms with E-state index in [-0.39, 0.29) is 11.5 Å². The van der Waals surface area contributed by atoms with Crippen molar-refractivity contribution in [3.8, 4) is 5.69 Å². The zero-order chi connectivity index (χ0) is 27.4. The van der Waals surface area contributed by atoms with Gasteiger partial charge in [0.1, 0.15) is 5.82 Å². The molecule has 5 rings (SSSR count). The molecule has 5 aromatic rings. The first kappa shape index (κ1) is 26.1. The minimum absolute atomic E-state index is 0.138. The Hall–Kier alpha value is -4.55. The van der Waals surface area contributed by atoms with Crippen molar-refractivity contribution in [2.75, 3.05) is 27.2 Å². The molecule has 6 heteroatoms. The SMILES string of the molecule is CC(c1nc2ccccc2c(=O)n1-c1ccc2ccccc2c1)N(CCN(C)C)C(=O)/C=C/c1ccccc1. The molecule has 0 aliphatic heterocycles. The summed E-state index contributed by atoms with van der Waals surface area (Å²) < 4.78 is 1.66. The van der Waals surface area contributed by atoms with Gasteiger partial charge in [0.2, 0.25) is 5.91 Å². The summed E-state index contributed by atoms with van der Waals surface area (Å²) in [6, 6.07) is 30.7. The fraction of sp³-hybridized carbons (Fsp3) is 0.182. The number of fused-ring (bicyclic) bond motifs is 2. The van der Waals surface area contributed by atoms with Crippen molar-refractivity contribution in [3.63, 3.8) is 0 Å². The van der Waals surface area contributed by atoms with E-state index in [1.807, 2.05) is 123 Å². The summed E-state index contributed by atoms with van der Waals surface area (Å²) >= 11 is 0. The third-order valence-corrected chi connectivity index (χ3v) is 6.92. The van der Waals surface area contributed by atoms with E-state index in [0.29, 0.717) is 29.8 Å². The molecule has 4 aromatic carbocycles. The quantitative estimate of drug-likeness (QED) is 0.248. The van der Waals surface area contributed by atoms with Crippen LogP contribution in [0.25, 0.3) is 33.4 Å². The molecule has 0 aliphatic rings. The minimum atomic E-state index is -0.471. The summed E-state index contributed by atoms with van der Waals surface area (Å²) in [6.07, 6.45) is 3.42. The van der Waals surface area contributed by atoms with E-state index in [1.165, 1.54) is 0 Å². The van der Waals surface area contributed by atoms with Crippen LogP contribution in [0.4, 0.5) is 0 Å². The number of hydrogen-bond donors (Lipinski definition) is 0. The van der Waals surface area contributed by atoms with Crippen LogP contribution in [0, 0.1) is 0 Å². The molecule has 1 amide bonds. The van der Waals surface area contributed by atoms with Gasteiger partial charge >= 0.3 is 0 Å². The van der Waals surface area contributed by atoms with Crippen LogP contribution in [0.5, 0.6) is 0 Å². The Bertz CT molecular complexity index is 1710. The minimum Gasteiger partial charge on any atom is -0.328 e. The number of carbonyl (C=O) groups excluding carboxylic acids is 1. The second-order valence-electron chi connectivity index (χ2n) is 9.91. The Labute approximate surface area is 228 Å². The van der Waals surface area contributed by atoms with Crippen LogP contribution >= 0.6 is 0 Å². The number of likely N-dealkylation sites (N-methyl/N-ethyl adjacent to an activating group) is 1. The molecule has 0 N–H and O–H groups in total. The highest BCUT2D eigenvalue weighted by Crippen LogP contribution is 2.25. The van der Waals surface area contributed by atoms with Gasteiger partial charge in [-0.15, -0.1) is 0 Å². The molecule has 1 unspecified atom stereocenters. The van der Waals surface area contributed by atoms with Crippen molar-refractivity contribution in [3.05, 3.63) is 125 Å². The van der Waals surface area contributed by atoms with E-state index >= 15 is 0 Å². The molecule has 0 spiro atoms. The predicted molar refractivity (Wildman–Crippen MR) is 159 cm³/mol.